The summed E-state index contributed by atoms with van der Waals surface area (Å²) in [5.74, 6) is -8.81. The Bertz CT molecular complexity index is 1570. The highest BCUT2D eigenvalue weighted by atomic mass is 16.7. The molecule has 2 heterocycles. The Morgan fingerprint density at radius 3 is 1.85 bits per heavy atom. The Morgan fingerprint density at radius 2 is 1.35 bits per heavy atom. The minimum absolute atomic E-state index is 0.0765. The predicted octanol–water partition coefficient (Wildman–Crippen LogP) is 2.45. The first-order chi connectivity index (χ1) is 25.1. The van der Waals surface area contributed by atoms with Gasteiger partial charge in [-0.2, -0.15) is 0 Å². The summed E-state index contributed by atoms with van der Waals surface area (Å²) in [6, 6.07) is 0. The predicted molar refractivity (Wildman–Crippen MR) is 183 cm³/mol. The smallest absolute Gasteiger partial charge is 0.312 e. The molecule has 4 aliphatic rings. The van der Waals surface area contributed by atoms with Crippen molar-refractivity contribution in [2.24, 2.45) is 29.1 Å². The van der Waals surface area contributed by atoms with Gasteiger partial charge in [0.15, 0.2) is 30.0 Å². The van der Waals surface area contributed by atoms with E-state index in [1.54, 1.807) is 27.7 Å². The quantitative estimate of drug-likeness (QED) is 0.182. The van der Waals surface area contributed by atoms with Crippen molar-refractivity contribution >= 4 is 41.8 Å². The molecule has 0 unspecified atom stereocenters. The zero-order valence-electron chi connectivity index (χ0n) is 32.4. The molecular formula is C38H52O16. The van der Waals surface area contributed by atoms with Gasteiger partial charge in [0.05, 0.1) is 17.9 Å². The Labute approximate surface area is 314 Å². The van der Waals surface area contributed by atoms with Crippen molar-refractivity contribution in [1.29, 1.82) is 0 Å². The summed E-state index contributed by atoms with van der Waals surface area (Å²) in [4.78, 5) is 91.6. The zero-order valence-corrected chi connectivity index (χ0v) is 32.4. The molecule has 11 atom stereocenters. The molecule has 1 spiro atoms. The first-order valence-corrected chi connectivity index (χ1v) is 18.1. The Balaban J connectivity index is 2.15. The van der Waals surface area contributed by atoms with Gasteiger partial charge < -0.3 is 43.0 Å². The lowest BCUT2D eigenvalue weighted by molar-refractivity contribution is -0.280. The molecule has 2 aliphatic carbocycles. The number of ether oxygens (including phenoxy) is 8. The highest BCUT2D eigenvalue weighted by molar-refractivity contribution is 5.78. The molecule has 0 aromatic rings. The minimum Gasteiger partial charge on any atom is -0.461 e. The summed E-state index contributed by atoms with van der Waals surface area (Å²) in [5, 5.41) is 13.0. The fraction of sp³-hybridized carbons (Fsp3) is 0.711. The lowest BCUT2D eigenvalue weighted by atomic mass is 9.51. The standard InChI is InChI=1S/C38H52O16/c1-18(2)13-28(43)53-30-32(50-23(8)41)36(10)26(49-22(7)40)12-11-25(16-47-21(6)39)15-27-38(46,20(5)35(45)52-27)34(51-24(9)42)31(36)37(17-48-37)33(30)54-29(44)14-19(3)4/h11-12,15,18-20,26-27,30-34,46H,13-14,16-17H2,1-10H3/b12-11-,25-15+/t20-,26-,27-,30+,31+,32-,33+,34-,36+,37-,38-/m0/s1. The molecule has 2 aliphatic heterocycles. The third kappa shape index (κ3) is 8.49. The maximum atomic E-state index is 13.5. The summed E-state index contributed by atoms with van der Waals surface area (Å²) in [5.41, 5.74) is -5.93. The van der Waals surface area contributed by atoms with E-state index in [-0.39, 0.29) is 43.5 Å². The van der Waals surface area contributed by atoms with Crippen LogP contribution in [0.2, 0.25) is 0 Å². The van der Waals surface area contributed by atoms with E-state index >= 15 is 0 Å². The third-order valence-electron chi connectivity index (χ3n) is 10.3. The summed E-state index contributed by atoms with van der Waals surface area (Å²) >= 11 is 0. The van der Waals surface area contributed by atoms with Crippen molar-refractivity contribution in [3.63, 3.8) is 0 Å². The van der Waals surface area contributed by atoms with Crippen LogP contribution in [0.5, 0.6) is 0 Å². The van der Waals surface area contributed by atoms with E-state index in [0.717, 1.165) is 20.8 Å². The first-order valence-electron chi connectivity index (χ1n) is 18.1. The summed E-state index contributed by atoms with van der Waals surface area (Å²) in [7, 11) is 0. The van der Waals surface area contributed by atoms with Crippen LogP contribution in [0.3, 0.4) is 0 Å². The molecule has 0 bridgehead atoms. The Hall–Kier alpha value is -4.31. The number of hydrogen-bond donors (Lipinski definition) is 1. The maximum absolute atomic E-state index is 13.5. The number of rotatable bonds is 11. The van der Waals surface area contributed by atoms with Crippen molar-refractivity contribution in [2.75, 3.05) is 13.2 Å². The summed E-state index contributed by atoms with van der Waals surface area (Å²) in [6.07, 6.45) is -5.66. The fourth-order valence-electron chi connectivity index (χ4n) is 7.97. The van der Waals surface area contributed by atoms with Crippen molar-refractivity contribution in [2.45, 2.75) is 130 Å². The molecule has 4 rings (SSSR count). The largest absolute Gasteiger partial charge is 0.461 e. The van der Waals surface area contributed by atoms with Gasteiger partial charge in [-0.15, -0.1) is 0 Å². The van der Waals surface area contributed by atoms with Gasteiger partial charge in [-0.1, -0.05) is 40.7 Å². The van der Waals surface area contributed by atoms with Crippen LogP contribution < -0.4 is 0 Å². The van der Waals surface area contributed by atoms with Crippen LogP contribution in [0.25, 0.3) is 0 Å². The van der Waals surface area contributed by atoms with Crippen molar-refractivity contribution in [3.05, 3.63) is 23.8 Å². The number of epoxide rings is 1. The monoisotopic (exact) mass is 764 g/mol. The third-order valence-corrected chi connectivity index (χ3v) is 10.3. The van der Waals surface area contributed by atoms with Gasteiger partial charge >= 0.3 is 41.8 Å². The molecule has 2 saturated heterocycles. The lowest BCUT2D eigenvalue weighted by Crippen LogP contribution is -2.76. The lowest BCUT2D eigenvalue weighted by Gasteiger charge is -2.59. The van der Waals surface area contributed by atoms with Gasteiger partial charge in [0.1, 0.15) is 24.4 Å². The molecule has 0 radical (unpaired) electrons. The zero-order chi connectivity index (χ0) is 40.5. The van der Waals surface area contributed by atoms with Crippen molar-refractivity contribution in [3.8, 4) is 0 Å². The van der Waals surface area contributed by atoms with E-state index in [0.29, 0.717) is 0 Å². The fourth-order valence-corrected chi connectivity index (χ4v) is 7.97. The second kappa shape index (κ2) is 16.2. The molecule has 16 heteroatoms. The van der Waals surface area contributed by atoms with E-state index in [2.05, 4.69) is 0 Å². The number of carbonyl (C=O) groups excluding carboxylic acids is 7. The average Bonchev–Trinajstić information content (AvgIpc) is 3.78. The number of aliphatic hydroxyl groups is 1. The van der Waals surface area contributed by atoms with Crippen molar-refractivity contribution in [1.82, 2.24) is 0 Å². The molecule has 300 valence electrons. The van der Waals surface area contributed by atoms with Crippen LogP contribution in [-0.2, 0) is 71.5 Å². The van der Waals surface area contributed by atoms with Crippen LogP contribution in [0.1, 0.15) is 82.1 Å². The van der Waals surface area contributed by atoms with Gasteiger partial charge in [0.2, 0.25) is 0 Å². The van der Waals surface area contributed by atoms with Gasteiger partial charge in [-0.05, 0) is 36.5 Å². The first kappa shape index (κ1) is 42.4. The van der Waals surface area contributed by atoms with E-state index in [1.165, 1.54) is 39.0 Å². The average molecular weight is 765 g/mol. The second-order valence-electron chi connectivity index (χ2n) is 15.6. The number of fused-ring (bicyclic) bond motifs is 3. The highest BCUT2D eigenvalue weighted by Crippen LogP contribution is 2.63. The summed E-state index contributed by atoms with van der Waals surface area (Å²) in [6.45, 7) is 13.9. The van der Waals surface area contributed by atoms with Gasteiger partial charge in [-0.25, -0.2) is 0 Å². The van der Waals surface area contributed by atoms with E-state index in [1.807, 2.05) is 0 Å². The highest BCUT2D eigenvalue weighted by Gasteiger charge is 2.81. The molecule has 0 aromatic heterocycles. The van der Waals surface area contributed by atoms with Crippen LogP contribution in [0.15, 0.2) is 23.8 Å². The van der Waals surface area contributed by atoms with Crippen LogP contribution in [-0.4, -0.2) is 108 Å². The molecule has 0 aromatic carbocycles. The topological polar surface area (TPSA) is 217 Å². The van der Waals surface area contributed by atoms with E-state index in [9.17, 15) is 38.7 Å². The molecule has 3 fully saturated rings. The van der Waals surface area contributed by atoms with Crippen LogP contribution in [0.4, 0.5) is 0 Å². The number of carbonyl (C=O) groups is 7. The van der Waals surface area contributed by atoms with Crippen molar-refractivity contribution < 1.29 is 76.6 Å². The Kier molecular flexibility index (Phi) is 12.7. The normalized spacial score (nSPS) is 37.1. The van der Waals surface area contributed by atoms with Gasteiger partial charge in [0, 0.05) is 46.5 Å². The molecule has 0 amide bonds. The molecular weight excluding hydrogens is 712 g/mol. The molecule has 1 saturated carbocycles. The number of hydrogen-bond acceptors (Lipinski definition) is 16. The number of esters is 7. The molecule has 16 nitrogen and oxygen atoms in total. The van der Waals surface area contributed by atoms with Gasteiger partial charge in [-0.3, -0.25) is 33.6 Å². The summed E-state index contributed by atoms with van der Waals surface area (Å²) < 4.78 is 47.4. The minimum atomic E-state index is -2.44. The Morgan fingerprint density at radius 1 is 0.815 bits per heavy atom. The second-order valence-corrected chi connectivity index (χ2v) is 15.6. The van der Waals surface area contributed by atoms with E-state index in [4.69, 9.17) is 37.9 Å². The van der Waals surface area contributed by atoms with E-state index < -0.39 is 107 Å². The van der Waals surface area contributed by atoms with Gasteiger partial charge in [0.25, 0.3) is 0 Å². The van der Waals surface area contributed by atoms with Crippen LogP contribution in [0, 0.1) is 29.1 Å². The SMILES string of the molecule is CC(=O)OCC1=C/[C@@H]2OC(=O)[C@H](C)[C@@]2(O)[C@@H](OC(C)=O)[C@H]2[C@@]3(CO3)[C@H](OC(=O)CC(C)C)[C@H](OC(=O)CC(C)C)[C@H](OC(C)=O)[C@]2(C)[C@@H](OC(C)=O)/C=C\1. The molecule has 54 heavy (non-hydrogen) atoms. The molecule has 1 N–H and O–H groups in total. The maximum Gasteiger partial charge on any atom is 0.312 e. The van der Waals surface area contributed by atoms with Crippen LogP contribution >= 0.6 is 0 Å².